The normalized spacial score (nSPS) is 18.6. The zero-order chi connectivity index (χ0) is 15.9. The number of nitrogens with one attached hydrogen (secondary N) is 2. The number of rotatable bonds is 5. The molecule has 1 aromatic rings. The Labute approximate surface area is 162 Å². The first-order chi connectivity index (χ1) is 11.4. The first-order valence-electron chi connectivity index (χ1n) is 9.25. The molecule has 0 amide bonds. The predicted molar refractivity (Wildman–Crippen MR) is 108 cm³/mol. The van der Waals surface area contributed by atoms with E-state index in [4.69, 9.17) is 0 Å². The van der Waals surface area contributed by atoms with Gasteiger partial charge in [0.05, 0.1) is 0 Å². The molecule has 0 aromatic carbocycles. The number of halogens is 1. The van der Waals surface area contributed by atoms with Gasteiger partial charge in [-0.15, -0.1) is 34.2 Å². The topological polar surface area (TPSA) is 67.1 Å². The molecule has 6 nitrogen and oxygen atoms in total. The van der Waals surface area contributed by atoms with Gasteiger partial charge < -0.3 is 15.2 Å². The van der Waals surface area contributed by atoms with Crippen LogP contribution >= 0.6 is 24.0 Å². The molecule has 0 saturated heterocycles. The van der Waals surface area contributed by atoms with Gasteiger partial charge in [-0.05, 0) is 32.1 Å². The third kappa shape index (κ3) is 5.32. The van der Waals surface area contributed by atoms with Gasteiger partial charge in [0.2, 0.25) is 0 Å². The van der Waals surface area contributed by atoms with Gasteiger partial charge in [-0.25, -0.2) is 0 Å². The fraction of sp³-hybridized carbons (Fsp3) is 0.824. The zero-order valence-corrected chi connectivity index (χ0v) is 17.1. The van der Waals surface area contributed by atoms with Crippen LogP contribution in [0.25, 0.3) is 0 Å². The van der Waals surface area contributed by atoms with Crippen molar-refractivity contribution in [3.63, 3.8) is 0 Å². The lowest BCUT2D eigenvalue weighted by Gasteiger charge is -2.16. The largest absolute Gasteiger partial charge is 0.356 e. The first-order valence-corrected chi connectivity index (χ1v) is 9.25. The van der Waals surface area contributed by atoms with Crippen molar-refractivity contribution in [1.29, 1.82) is 0 Å². The highest BCUT2D eigenvalue weighted by molar-refractivity contribution is 14.0. The molecule has 2 aliphatic rings. The Balaban J connectivity index is 0.00000208. The molecule has 136 valence electrons. The second-order valence-electron chi connectivity index (χ2n) is 6.72. The van der Waals surface area contributed by atoms with Crippen molar-refractivity contribution in [3.05, 3.63) is 11.6 Å². The fourth-order valence-corrected chi connectivity index (χ4v) is 3.64. The number of hydrogen-bond acceptors (Lipinski definition) is 3. The number of fused-ring (bicyclic) bond motifs is 1. The third-order valence-electron chi connectivity index (χ3n) is 4.98. The van der Waals surface area contributed by atoms with E-state index in [1.807, 2.05) is 7.05 Å². The van der Waals surface area contributed by atoms with Crippen LogP contribution in [0, 0.1) is 0 Å². The van der Waals surface area contributed by atoms with Crippen molar-refractivity contribution >= 4 is 29.9 Å². The van der Waals surface area contributed by atoms with E-state index in [0.29, 0.717) is 6.04 Å². The fourth-order valence-electron chi connectivity index (χ4n) is 3.64. The molecule has 1 fully saturated rings. The minimum Gasteiger partial charge on any atom is -0.356 e. The Morgan fingerprint density at radius 1 is 1.17 bits per heavy atom. The molecule has 24 heavy (non-hydrogen) atoms. The number of aryl methyl sites for hydroxylation is 2. The van der Waals surface area contributed by atoms with Crippen LogP contribution in [0.2, 0.25) is 0 Å². The highest BCUT2D eigenvalue weighted by Crippen LogP contribution is 2.17. The lowest BCUT2D eigenvalue weighted by molar-refractivity contribution is 0.588. The van der Waals surface area contributed by atoms with Crippen LogP contribution in [0.1, 0.15) is 63.0 Å². The Hall–Kier alpha value is -0.860. The van der Waals surface area contributed by atoms with Gasteiger partial charge in [-0.3, -0.25) is 4.99 Å². The van der Waals surface area contributed by atoms with E-state index < -0.39 is 0 Å². The molecule has 1 aromatic heterocycles. The van der Waals surface area contributed by atoms with Crippen molar-refractivity contribution in [2.75, 3.05) is 13.6 Å². The summed E-state index contributed by atoms with van der Waals surface area (Å²) in [5.74, 6) is 3.28. The van der Waals surface area contributed by atoms with E-state index in [2.05, 4.69) is 30.4 Å². The number of nitrogens with zero attached hydrogens (tertiary/aromatic N) is 4. The predicted octanol–water partition coefficient (Wildman–Crippen LogP) is 2.66. The van der Waals surface area contributed by atoms with Gasteiger partial charge in [0.15, 0.2) is 5.96 Å². The molecule has 1 saturated carbocycles. The van der Waals surface area contributed by atoms with Crippen molar-refractivity contribution in [2.24, 2.45) is 4.99 Å². The van der Waals surface area contributed by atoms with Gasteiger partial charge in [0.1, 0.15) is 11.6 Å². The molecule has 3 rings (SSSR count). The van der Waals surface area contributed by atoms with E-state index in [0.717, 1.165) is 44.1 Å². The van der Waals surface area contributed by atoms with Crippen molar-refractivity contribution in [3.8, 4) is 0 Å². The van der Waals surface area contributed by atoms with Crippen LogP contribution in [0.4, 0.5) is 0 Å². The van der Waals surface area contributed by atoms with Crippen molar-refractivity contribution in [2.45, 2.75) is 76.8 Å². The molecule has 0 radical (unpaired) electrons. The standard InChI is InChI=1S/C17H30N6.HI/c1-18-17(20-14-8-4-5-9-14)19-12-7-11-16-22-21-15-10-3-2-6-13-23(15)16;/h14H,2-13H2,1H3,(H2,18,19,20);1H. The molecule has 7 heteroatoms. The van der Waals surface area contributed by atoms with Gasteiger partial charge in [0.25, 0.3) is 0 Å². The van der Waals surface area contributed by atoms with E-state index in [9.17, 15) is 0 Å². The molecule has 0 atom stereocenters. The summed E-state index contributed by atoms with van der Waals surface area (Å²) in [5, 5.41) is 15.7. The molecule has 2 N–H and O–H groups in total. The molecule has 1 aliphatic carbocycles. The van der Waals surface area contributed by atoms with E-state index in [1.54, 1.807) is 0 Å². The van der Waals surface area contributed by atoms with Crippen LogP contribution in [0.3, 0.4) is 0 Å². The summed E-state index contributed by atoms with van der Waals surface area (Å²) in [6, 6.07) is 0.605. The van der Waals surface area contributed by atoms with Crippen LogP contribution in [0.15, 0.2) is 4.99 Å². The van der Waals surface area contributed by atoms with Crippen molar-refractivity contribution < 1.29 is 0 Å². The third-order valence-corrected chi connectivity index (χ3v) is 4.98. The molecular formula is C17H31IN6. The SMILES string of the molecule is CN=C(NCCCc1nnc2n1CCCCC2)NC1CCCC1.I. The van der Waals surface area contributed by atoms with Crippen LogP contribution in [-0.4, -0.2) is 40.4 Å². The average Bonchev–Trinajstić information content (AvgIpc) is 3.15. The maximum Gasteiger partial charge on any atom is 0.191 e. The first kappa shape index (κ1) is 19.5. The minimum atomic E-state index is 0. The molecule has 0 spiro atoms. The Morgan fingerprint density at radius 3 is 2.79 bits per heavy atom. The summed E-state index contributed by atoms with van der Waals surface area (Å²) in [4.78, 5) is 4.33. The summed E-state index contributed by atoms with van der Waals surface area (Å²) in [6.45, 7) is 2.02. The molecular weight excluding hydrogens is 415 g/mol. The molecule has 0 bridgehead atoms. The highest BCUT2D eigenvalue weighted by atomic mass is 127. The van der Waals surface area contributed by atoms with Crippen LogP contribution in [0.5, 0.6) is 0 Å². The molecule has 0 unspecified atom stereocenters. The summed E-state index contributed by atoms with van der Waals surface area (Å²) in [5.41, 5.74) is 0. The highest BCUT2D eigenvalue weighted by Gasteiger charge is 2.16. The molecule has 2 heterocycles. The van der Waals surface area contributed by atoms with Crippen LogP contribution in [-0.2, 0) is 19.4 Å². The van der Waals surface area contributed by atoms with Gasteiger partial charge >= 0.3 is 0 Å². The van der Waals surface area contributed by atoms with E-state index in [1.165, 1.54) is 50.8 Å². The number of aromatic nitrogens is 3. The average molecular weight is 446 g/mol. The Morgan fingerprint density at radius 2 is 2.00 bits per heavy atom. The summed E-state index contributed by atoms with van der Waals surface area (Å²) in [7, 11) is 1.85. The van der Waals surface area contributed by atoms with Gasteiger partial charge in [-0.1, -0.05) is 19.3 Å². The lowest BCUT2D eigenvalue weighted by atomic mass is 10.2. The smallest absolute Gasteiger partial charge is 0.191 e. The summed E-state index contributed by atoms with van der Waals surface area (Å²) in [6.07, 6.45) is 12.2. The second-order valence-corrected chi connectivity index (χ2v) is 6.72. The quantitative estimate of drug-likeness (QED) is 0.316. The van der Waals surface area contributed by atoms with E-state index >= 15 is 0 Å². The maximum absolute atomic E-state index is 4.40. The van der Waals surface area contributed by atoms with E-state index in [-0.39, 0.29) is 24.0 Å². The summed E-state index contributed by atoms with van der Waals surface area (Å²) >= 11 is 0. The van der Waals surface area contributed by atoms with Crippen molar-refractivity contribution in [1.82, 2.24) is 25.4 Å². The maximum atomic E-state index is 4.40. The lowest BCUT2D eigenvalue weighted by Crippen LogP contribution is -2.42. The Bertz CT molecular complexity index is 521. The number of guanidine groups is 1. The second kappa shape index (κ2) is 10.2. The van der Waals surface area contributed by atoms with Gasteiger partial charge in [0, 0.05) is 39.0 Å². The Kier molecular flexibility index (Phi) is 8.28. The zero-order valence-electron chi connectivity index (χ0n) is 14.8. The molecule has 1 aliphatic heterocycles. The van der Waals surface area contributed by atoms with Gasteiger partial charge in [-0.2, -0.15) is 0 Å². The number of hydrogen-bond donors (Lipinski definition) is 2. The summed E-state index contributed by atoms with van der Waals surface area (Å²) < 4.78 is 2.35. The van der Waals surface area contributed by atoms with Crippen LogP contribution < -0.4 is 10.6 Å². The number of aliphatic imine (C=N–C) groups is 1. The minimum absolute atomic E-state index is 0. The monoisotopic (exact) mass is 446 g/mol.